The molecular formula is C18H25ClN2O3. The van der Waals surface area contributed by atoms with Gasteiger partial charge in [-0.3, -0.25) is 4.79 Å². The van der Waals surface area contributed by atoms with Crippen LogP contribution in [0.4, 0.5) is 0 Å². The summed E-state index contributed by atoms with van der Waals surface area (Å²) in [6, 6.07) is 3.73. The lowest BCUT2D eigenvalue weighted by molar-refractivity contribution is -0.119. The number of benzene rings is 1. The molecule has 0 aliphatic heterocycles. The highest BCUT2D eigenvalue weighted by atomic mass is 35.5. The standard InChI is InChI=1S/C18H25ClN2O3/c1-23-16-7-12(6-15(19)18(16)24-10-17(20)22)8-21-9-14-5-11-2-3-13(14)4-11/h6-7,11,13-14,21H,2-5,8-10H2,1H3,(H2,20,22). The summed E-state index contributed by atoms with van der Waals surface area (Å²) < 4.78 is 10.7. The summed E-state index contributed by atoms with van der Waals surface area (Å²) in [5, 5.41) is 3.97. The first-order chi connectivity index (χ1) is 11.6. The highest BCUT2D eigenvalue weighted by Gasteiger charge is 2.38. The number of methoxy groups -OCH3 is 1. The van der Waals surface area contributed by atoms with Crippen molar-refractivity contribution in [3.8, 4) is 11.5 Å². The van der Waals surface area contributed by atoms with E-state index >= 15 is 0 Å². The van der Waals surface area contributed by atoms with Crippen molar-refractivity contribution in [2.45, 2.75) is 32.2 Å². The number of fused-ring (bicyclic) bond motifs is 2. The summed E-state index contributed by atoms with van der Waals surface area (Å²) in [4.78, 5) is 10.9. The zero-order chi connectivity index (χ0) is 17.1. The first-order valence-corrected chi connectivity index (χ1v) is 8.92. The molecule has 2 aliphatic carbocycles. The Balaban J connectivity index is 1.57. The van der Waals surface area contributed by atoms with E-state index in [1.165, 1.54) is 25.7 Å². The molecule has 24 heavy (non-hydrogen) atoms. The molecule has 3 rings (SSSR count). The van der Waals surface area contributed by atoms with E-state index in [1.54, 1.807) is 7.11 Å². The second kappa shape index (κ2) is 7.62. The van der Waals surface area contributed by atoms with Crippen LogP contribution in [0.1, 0.15) is 31.2 Å². The number of ether oxygens (including phenoxy) is 2. The van der Waals surface area contributed by atoms with Crippen molar-refractivity contribution in [3.63, 3.8) is 0 Å². The van der Waals surface area contributed by atoms with E-state index in [1.807, 2.05) is 12.1 Å². The van der Waals surface area contributed by atoms with Gasteiger partial charge in [-0.15, -0.1) is 0 Å². The van der Waals surface area contributed by atoms with Crippen LogP contribution in [0, 0.1) is 17.8 Å². The second-order valence-electron chi connectivity index (χ2n) is 6.93. The molecule has 132 valence electrons. The van der Waals surface area contributed by atoms with E-state index in [-0.39, 0.29) is 6.61 Å². The molecule has 0 heterocycles. The zero-order valence-electron chi connectivity index (χ0n) is 14.0. The number of hydrogen-bond donors (Lipinski definition) is 2. The highest BCUT2D eigenvalue weighted by molar-refractivity contribution is 6.32. The quantitative estimate of drug-likeness (QED) is 0.754. The van der Waals surface area contributed by atoms with E-state index in [4.69, 9.17) is 26.8 Å². The lowest BCUT2D eigenvalue weighted by atomic mass is 9.89. The average Bonchev–Trinajstić information content (AvgIpc) is 3.16. The second-order valence-corrected chi connectivity index (χ2v) is 7.34. The van der Waals surface area contributed by atoms with Gasteiger partial charge < -0.3 is 20.5 Å². The number of nitrogens with one attached hydrogen (secondary N) is 1. The molecule has 3 atom stereocenters. The molecular weight excluding hydrogens is 328 g/mol. The van der Waals surface area contributed by atoms with Gasteiger partial charge in [0.15, 0.2) is 18.1 Å². The van der Waals surface area contributed by atoms with Crippen molar-refractivity contribution in [1.82, 2.24) is 5.32 Å². The maximum Gasteiger partial charge on any atom is 0.255 e. The number of carbonyl (C=O) groups is 1. The summed E-state index contributed by atoms with van der Waals surface area (Å²) in [6.07, 6.45) is 5.64. The minimum Gasteiger partial charge on any atom is -0.493 e. The Morgan fingerprint density at radius 3 is 2.83 bits per heavy atom. The molecule has 1 amide bonds. The number of rotatable bonds is 8. The molecule has 0 spiro atoms. The van der Waals surface area contributed by atoms with Gasteiger partial charge in [-0.25, -0.2) is 0 Å². The van der Waals surface area contributed by atoms with Crippen LogP contribution >= 0.6 is 11.6 Å². The summed E-state index contributed by atoms with van der Waals surface area (Å²) in [7, 11) is 1.55. The van der Waals surface area contributed by atoms with Gasteiger partial charge in [-0.05, 0) is 61.3 Å². The van der Waals surface area contributed by atoms with Gasteiger partial charge >= 0.3 is 0 Å². The molecule has 3 N–H and O–H groups in total. The van der Waals surface area contributed by atoms with Crippen molar-refractivity contribution >= 4 is 17.5 Å². The smallest absolute Gasteiger partial charge is 0.255 e. The molecule has 0 radical (unpaired) electrons. The van der Waals surface area contributed by atoms with Crippen LogP contribution in [-0.2, 0) is 11.3 Å². The van der Waals surface area contributed by atoms with Crippen LogP contribution in [0.2, 0.25) is 5.02 Å². The number of primary amides is 1. The average molecular weight is 353 g/mol. The zero-order valence-corrected chi connectivity index (χ0v) is 14.8. The van der Waals surface area contributed by atoms with Crippen LogP contribution in [0.5, 0.6) is 11.5 Å². The fraction of sp³-hybridized carbons (Fsp3) is 0.611. The van der Waals surface area contributed by atoms with Crippen molar-refractivity contribution in [2.24, 2.45) is 23.5 Å². The minimum atomic E-state index is -0.551. The molecule has 1 aromatic rings. The molecule has 2 bridgehead atoms. The molecule has 3 unspecified atom stereocenters. The number of nitrogens with two attached hydrogens (primary N) is 1. The molecule has 0 saturated heterocycles. The van der Waals surface area contributed by atoms with Gasteiger partial charge in [-0.1, -0.05) is 18.0 Å². The van der Waals surface area contributed by atoms with Gasteiger partial charge in [-0.2, -0.15) is 0 Å². The molecule has 0 aromatic heterocycles. The van der Waals surface area contributed by atoms with Gasteiger partial charge in [0.2, 0.25) is 0 Å². The topological polar surface area (TPSA) is 73.6 Å². The third kappa shape index (κ3) is 3.95. The Morgan fingerprint density at radius 2 is 2.21 bits per heavy atom. The van der Waals surface area contributed by atoms with Crippen molar-refractivity contribution < 1.29 is 14.3 Å². The molecule has 2 saturated carbocycles. The summed E-state index contributed by atoms with van der Waals surface area (Å²) in [6.45, 7) is 1.57. The first kappa shape index (κ1) is 17.4. The van der Waals surface area contributed by atoms with Crippen LogP contribution < -0.4 is 20.5 Å². The van der Waals surface area contributed by atoms with Crippen molar-refractivity contribution in [1.29, 1.82) is 0 Å². The summed E-state index contributed by atoms with van der Waals surface area (Å²) in [5.41, 5.74) is 6.14. The minimum absolute atomic E-state index is 0.224. The van der Waals surface area contributed by atoms with Gasteiger partial charge in [0.05, 0.1) is 12.1 Å². The van der Waals surface area contributed by atoms with Crippen LogP contribution in [-0.4, -0.2) is 26.2 Å². The number of amides is 1. The van der Waals surface area contributed by atoms with Gasteiger partial charge in [0.1, 0.15) is 0 Å². The molecule has 2 aliphatic rings. The Labute approximate surface area is 147 Å². The Kier molecular flexibility index (Phi) is 5.51. The van der Waals surface area contributed by atoms with E-state index in [0.29, 0.717) is 16.5 Å². The van der Waals surface area contributed by atoms with Crippen LogP contribution in [0.25, 0.3) is 0 Å². The first-order valence-electron chi connectivity index (χ1n) is 8.55. The van der Waals surface area contributed by atoms with E-state index < -0.39 is 5.91 Å². The van der Waals surface area contributed by atoms with E-state index in [2.05, 4.69) is 5.32 Å². The lowest BCUT2D eigenvalue weighted by Gasteiger charge is -2.22. The highest BCUT2D eigenvalue weighted by Crippen LogP contribution is 2.48. The maximum absolute atomic E-state index is 10.9. The Hall–Kier alpha value is -1.46. The Morgan fingerprint density at radius 1 is 1.38 bits per heavy atom. The Bertz CT molecular complexity index is 608. The van der Waals surface area contributed by atoms with Crippen LogP contribution in [0.3, 0.4) is 0 Å². The number of carbonyl (C=O) groups excluding carboxylic acids is 1. The van der Waals surface area contributed by atoms with E-state index in [9.17, 15) is 4.79 Å². The molecule has 2 fully saturated rings. The SMILES string of the molecule is COc1cc(CNCC2CC3CCC2C3)cc(Cl)c1OCC(N)=O. The fourth-order valence-corrected chi connectivity index (χ4v) is 4.47. The summed E-state index contributed by atoms with van der Waals surface area (Å²) >= 11 is 6.27. The maximum atomic E-state index is 10.9. The predicted octanol–water partition coefficient (Wildman–Crippen LogP) is 2.74. The van der Waals surface area contributed by atoms with Crippen molar-refractivity contribution in [2.75, 3.05) is 20.3 Å². The monoisotopic (exact) mass is 352 g/mol. The molecule has 5 nitrogen and oxygen atoms in total. The third-order valence-corrected chi connectivity index (χ3v) is 5.55. The van der Waals surface area contributed by atoms with Crippen LogP contribution in [0.15, 0.2) is 12.1 Å². The van der Waals surface area contributed by atoms with E-state index in [0.717, 1.165) is 36.4 Å². The summed E-state index contributed by atoms with van der Waals surface area (Å²) in [5.74, 6) is 3.03. The largest absolute Gasteiger partial charge is 0.493 e. The fourth-order valence-electron chi connectivity index (χ4n) is 4.19. The van der Waals surface area contributed by atoms with Gasteiger partial charge in [0.25, 0.3) is 5.91 Å². The van der Waals surface area contributed by atoms with Crippen molar-refractivity contribution in [3.05, 3.63) is 22.7 Å². The number of hydrogen-bond acceptors (Lipinski definition) is 4. The lowest BCUT2D eigenvalue weighted by Crippen LogP contribution is -2.26. The van der Waals surface area contributed by atoms with Gasteiger partial charge in [0, 0.05) is 6.54 Å². The molecule has 6 heteroatoms. The normalized spacial score (nSPS) is 25.0. The molecule has 1 aromatic carbocycles. The number of halogens is 1. The third-order valence-electron chi connectivity index (χ3n) is 5.27. The predicted molar refractivity (Wildman–Crippen MR) is 93.3 cm³/mol.